The molecule has 0 heterocycles. The number of aliphatic hydroxyl groups is 1. The largest absolute Gasteiger partial charge is 0.384 e. The Morgan fingerprint density at radius 2 is 2.14 bits per heavy atom. The number of nitriles is 1. The molecule has 1 atom stereocenters. The lowest BCUT2D eigenvalue weighted by Crippen LogP contribution is -2.22. The lowest BCUT2D eigenvalue weighted by atomic mass is 9.92. The Balaban J connectivity index is 3.20. The van der Waals surface area contributed by atoms with Crippen LogP contribution in [0.2, 0.25) is 0 Å². The van der Waals surface area contributed by atoms with E-state index in [1.807, 2.05) is 0 Å². The average molecular weight is 197 g/mol. The maximum atomic E-state index is 13.2. The minimum atomic E-state index is -1.65. The van der Waals surface area contributed by atoms with Gasteiger partial charge in [-0.05, 0) is 13.0 Å². The van der Waals surface area contributed by atoms with E-state index < -0.39 is 17.2 Å². The summed E-state index contributed by atoms with van der Waals surface area (Å²) in [4.78, 5) is 0. The van der Waals surface area contributed by atoms with Gasteiger partial charge in [0.15, 0.2) is 11.6 Å². The molecule has 0 saturated carbocycles. The molecule has 1 rings (SSSR count). The molecule has 0 saturated heterocycles. The summed E-state index contributed by atoms with van der Waals surface area (Å²) in [6.07, 6.45) is -0.284. The summed E-state index contributed by atoms with van der Waals surface area (Å²) in [5, 5.41) is 18.1. The Morgan fingerprint density at radius 3 is 2.71 bits per heavy atom. The molecule has 14 heavy (non-hydrogen) atoms. The predicted molar refractivity (Wildman–Crippen MR) is 46.2 cm³/mol. The third-order valence-electron chi connectivity index (χ3n) is 1.96. The maximum absolute atomic E-state index is 13.2. The molecule has 2 nitrogen and oxygen atoms in total. The van der Waals surface area contributed by atoms with Crippen molar-refractivity contribution in [3.63, 3.8) is 0 Å². The number of nitrogens with zero attached hydrogens (tertiary/aromatic N) is 1. The molecule has 0 bridgehead atoms. The molecule has 0 radical (unpaired) electrons. The van der Waals surface area contributed by atoms with E-state index in [9.17, 15) is 13.9 Å². The number of benzene rings is 1. The summed E-state index contributed by atoms with van der Waals surface area (Å²) in [5.74, 6) is -2.13. The van der Waals surface area contributed by atoms with Gasteiger partial charge in [-0.25, -0.2) is 8.78 Å². The summed E-state index contributed by atoms with van der Waals surface area (Å²) >= 11 is 0. The minimum Gasteiger partial charge on any atom is -0.384 e. The minimum absolute atomic E-state index is 0.195. The lowest BCUT2D eigenvalue weighted by Gasteiger charge is -2.20. The van der Waals surface area contributed by atoms with E-state index in [0.29, 0.717) is 0 Å². The summed E-state index contributed by atoms with van der Waals surface area (Å²) < 4.78 is 26.0. The fourth-order valence-corrected chi connectivity index (χ4v) is 1.17. The van der Waals surface area contributed by atoms with Gasteiger partial charge in [-0.3, -0.25) is 0 Å². The van der Waals surface area contributed by atoms with Crippen molar-refractivity contribution in [2.75, 3.05) is 0 Å². The molecule has 1 aromatic carbocycles. The molecule has 0 fully saturated rings. The molecular formula is C10H9F2NO. The van der Waals surface area contributed by atoms with Crippen molar-refractivity contribution in [2.24, 2.45) is 0 Å². The van der Waals surface area contributed by atoms with Gasteiger partial charge in [0.2, 0.25) is 0 Å². The van der Waals surface area contributed by atoms with Gasteiger partial charge in [0, 0.05) is 5.56 Å². The highest BCUT2D eigenvalue weighted by Gasteiger charge is 2.27. The molecule has 0 aliphatic carbocycles. The molecule has 1 N–H and O–H groups in total. The van der Waals surface area contributed by atoms with Crippen LogP contribution in [-0.2, 0) is 5.60 Å². The summed E-state index contributed by atoms with van der Waals surface area (Å²) in [6, 6.07) is 5.22. The van der Waals surface area contributed by atoms with Gasteiger partial charge in [0.25, 0.3) is 0 Å². The van der Waals surface area contributed by atoms with Gasteiger partial charge < -0.3 is 5.11 Å². The Labute approximate surface area is 80.4 Å². The monoisotopic (exact) mass is 197 g/mol. The third-order valence-corrected chi connectivity index (χ3v) is 1.96. The van der Waals surface area contributed by atoms with Crippen molar-refractivity contribution >= 4 is 0 Å². The standard InChI is InChI=1S/C10H9F2NO/c1-10(14,5-6-13)7-3-2-4-8(11)9(7)12/h2-4,14H,5H2,1H3. The summed E-state index contributed by atoms with van der Waals surface area (Å²) in [7, 11) is 0. The molecule has 74 valence electrons. The van der Waals surface area contributed by atoms with Crippen LogP contribution in [-0.4, -0.2) is 5.11 Å². The third kappa shape index (κ3) is 1.88. The Hall–Kier alpha value is -1.47. The molecule has 0 aliphatic heterocycles. The molecule has 0 aromatic heterocycles. The van der Waals surface area contributed by atoms with E-state index in [2.05, 4.69) is 0 Å². The normalized spacial score (nSPS) is 14.5. The molecule has 1 aromatic rings. The zero-order valence-electron chi connectivity index (χ0n) is 7.59. The number of hydrogen-bond donors (Lipinski definition) is 1. The zero-order valence-corrected chi connectivity index (χ0v) is 7.59. The second-order valence-corrected chi connectivity index (χ2v) is 3.21. The van der Waals surface area contributed by atoms with Crippen LogP contribution in [0.1, 0.15) is 18.9 Å². The van der Waals surface area contributed by atoms with Gasteiger partial charge in [-0.15, -0.1) is 0 Å². The molecule has 0 amide bonds. The number of hydrogen-bond acceptors (Lipinski definition) is 2. The Kier molecular flexibility index (Phi) is 2.82. The van der Waals surface area contributed by atoms with Crippen LogP contribution >= 0.6 is 0 Å². The lowest BCUT2D eigenvalue weighted by molar-refractivity contribution is 0.0577. The van der Waals surface area contributed by atoms with Crippen molar-refractivity contribution in [3.05, 3.63) is 35.4 Å². The van der Waals surface area contributed by atoms with Crippen molar-refractivity contribution in [3.8, 4) is 6.07 Å². The number of rotatable bonds is 2. The Bertz CT molecular complexity index is 382. The first-order valence-electron chi connectivity index (χ1n) is 4.03. The molecule has 1 unspecified atom stereocenters. The highest BCUT2D eigenvalue weighted by molar-refractivity contribution is 5.25. The van der Waals surface area contributed by atoms with Crippen LogP contribution in [0.5, 0.6) is 0 Å². The van der Waals surface area contributed by atoms with Crippen LogP contribution in [0.25, 0.3) is 0 Å². The quantitative estimate of drug-likeness (QED) is 0.788. The first-order chi connectivity index (χ1) is 6.49. The summed E-state index contributed by atoms with van der Waals surface area (Å²) in [6.45, 7) is 1.27. The fraction of sp³-hybridized carbons (Fsp3) is 0.300. The predicted octanol–water partition coefficient (Wildman–Crippen LogP) is 2.09. The van der Waals surface area contributed by atoms with Crippen LogP contribution in [0.4, 0.5) is 8.78 Å². The average Bonchev–Trinajstić information content (AvgIpc) is 2.09. The van der Waals surface area contributed by atoms with E-state index in [-0.39, 0.29) is 12.0 Å². The van der Waals surface area contributed by atoms with E-state index in [1.165, 1.54) is 19.1 Å². The second kappa shape index (κ2) is 3.72. The zero-order chi connectivity index (χ0) is 10.8. The number of halogens is 2. The smallest absolute Gasteiger partial charge is 0.164 e. The van der Waals surface area contributed by atoms with E-state index in [0.717, 1.165) is 6.07 Å². The molecule has 0 spiro atoms. The van der Waals surface area contributed by atoms with E-state index in [1.54, 1.807) is 6.07 Å². The van der Waals surface area contributed by atoms with Gasteiger partial charge >= 0.3 is 0 Å². The van der Waals surface area contributed by atoms with Gasteiger partial charge in [0.05, 0.1) is 12.5 Å². The van der Waals surface area contributed by atoms with Crippen LogP contribution in [0.15, 0.2) is 18.2 Å². The van der Waals surface area contributed by atoms with Crippen molar-refractivity contribution in [2.45, 2.75) is 18.9 Å². The first-order valence-corrected chi connectivity index (χ1v) is 4.03. The molecular weight excluding hydrogens is 188 g/mol. The van der Waals surface area contributed by atoms with Crippen LogP contribution in [0, 0.1) is 23.0 Å². The fourth-order valence-electron chi connectivity index (χ4n) is 1.17. The van der Waals surface area contributed by atoms with Gasteiger partial charge in [0.1, 0.15) is 5.60 Å². The topological polar surface area (TPSA) is 44.0 Å². The van der Waals surface area contributed by atoms with Crippen LogP contribution in [0.3, 0.4) is 0 Å². The maximum Gasteiger partial charge on any atom is 0.164 e. The second-order valence-electron chi connectivity index (χ2n) is 3.21. The highest BCUT2D eigenvalue weighted by atomic mass is 19.2. The van der Waals surface area contributed by atoms with Crippen molar-refractivity contribution in [1.29, 1.82) is 5.26 Å². The van der Waals surface area contributed by atoms with Gasteiger partial charge in [-0.1, -0.05) is 12.1 Å². The molecule has 0 aliphatic rings. The first kappa shape index (κ1) is 10.6. The highest BCUT2D eigenvalue weighted by Crippen LogP contribution is 2.27. The van der Waals surface area contributed by atoms with Crippen molar-refractivity contribution in [1.82, 2.24) is 0 Å². The summed E-state index contributed by atoms with van der Waals surface area (Å²) in [5.41, 5.74) is -1.85. The SMILES string of the molecule is CC(O)(CC#N)c1cccc(F)c1F. The van der Waals surface area contributed by atoms with Crippen molar-refractivity contribution < 1.29 is 13.9 Å². The van der Waals surface area contributed by atoms with E-state index >= 15 is 0 Å². The van der Waals surface area contributed by atoms with Crippen LogP contribution < -0.4 is 0 Å². The van der Waals surface area contributed by atoms with Gasteiger partial charge in [-0.2, -0.15) is 5.26 Å². The van der Waals surface area contributed by atoms with E-state index in [4.69, 9.17) is 5.26 Å². The molecule has 4 heteroatoms. The Morgan fingerprint density at radius 1 is 1.50 bits per heavy atom.